The van der Waals surface area contributed by atoms with Crippen molar-refractivity contribution in [1.29, 1.82) is 0 Å². The zero-order valence-electron chi connectivity index (χ0n) is 8.22. The van der Waals surface area contributed by atoms with Gasteiger partial charge in [0.05, 0.1) is 11.3 Å². The third-order valence-electron chi connectivity index (χ3n) is 2.49. The predicted molar refractivity (Wildman–Crippen MR) is 50.6 cm³/mol. The quantitative estimate of drug-likeness (QED) is 0.718. The Balaban J connectivity index is 2.22. The van der Waals surface area contributed by atoms with E-state index in [4.69, 9.17) is 0 Å². The summed E-state index contributed by atoms with van der Waals surface area (Å²) in [6, 6.07) is 0. The highest BCUT2D eigenvalue weighted by Crippen LogP contribution is 2.25. The van der Waals surface area contributed by atoms with Crippen molar-refractivity contribution in [3.63, 3.8) is 0 Å². The van der Waals surface area contributed by atoms with Gasteiger partial charge in [0.1, 0.15) is 0 Å². The van der Waals surface area contributed by atoms with Crippen molar-refractivity contribution < 1.29 is 5.11 Å². The van der Waals surface area contributed by atoms with E-state index in [0.717, 1.165) is 18.5 Å². The van der Waals surface area contributed by atoms with Crippen LogP contribution in [0.25, 0.3) is 0 Å². The molecule has 72 valence electrons. The van der Waals surface area contributed by atoms with Crippen molar-refractivity contribution in [1.82, 2.24) is 10.2 Å². The maximum atomic E-state index is 9.67. The normalized spacial score (nSPS) is 16.2. The molecule has 1 aliphatic rings. The number of nitrogens with one attached hydrogen (secondary N) is 1. The Morgan fingerprint density at radius 1 is 1.46 bits per heavy atom. The highest BCUT2D eigenvalue weighted by molar-refractivity contribution is 5.30. The molecule has 2 rings (SSSR count). The topological polar surface area (TPSA) is 48.9 Å². The molecule has 1 aromatic heterocycles. The standard InChI is InChI=1S/C10H16N2O/c1-10(2,13)6-9-7-4-3-5-8(7)11-12-9/h13H,3-6H2,1-2H3,(H,11,12). The number of hydrogen-bond donors (Lipinski definition) is 2. The van der Waals surface area contributed by atoms with Crippen LogP contribution in [0.4, 0.5) is 0 Å². The number of fused-ring (bicyclic) bond motifs is 1. The Labute approximate surface area is 78.2 Å². The van der Waals surface area contributed by atoms with Crippen molar-refractivity contribution in [3.8, 4) is 0 Å². The molecule has 2 N–H and O–H groups in total. The largest absolute Gasteiger partial charge is 0.390 e. The molecule has 1 aromatic rings. The van der Waals surface area contributed by atoms with E-state index in [1.807, 2.05) is 13.8 Å². The highest BCUT2D eigenvalue weighted by atomic mass is 16.3. The average molecular weight is 180 g/mol. The fraction of sp³-hybridized carbons (Fsp3) is 0.700. The number of aromatic nitrogens is 2. The van der Waals surface area contributed by atoms with E-state index in [0.29, 0.717) is 6.42 Å². The Kier molecular flexibility index (Phi) is 1.91. The summed E-state index contributed by atoms with van der Waals surface area (Å²) in [4.78, 5) is 0. The lowest BCUT2D eigenvalue weighted by Gasteiger charge is -2.15. The van der Waals surface area contributed by atoms with Gasteiger partial charge in [-0.05, 0) is 38.7 Å². The number of hydrogen-bond acceptors (Lipinski definition) is 2. The molecule has 3 nitrogen and oxygen atoms in total. The summed E-state index contributed by atoms with van der Waals surface area (Å²) in [6.45, 7) is 3.64. The van der Waals surface area contributed by atoms with Crippen LogP contribution in [0.5, 0.6) is 0 Å². The van der Waals surface area contributed by atoms with Gasteiger partial charge in [-0.15, -0.1) is 0 Å². The third kappa shape index (κ3) is 1.75. The number of H-pyrrole nitrogens is 1. The summed E-state index contributed by atoms with van der Waals surface area (Å²) >= 11 is 0. The van der Waals surface area contributed by atoms with Crippen LogP contribution in [0.3, 0.4) is 0 Å². The van der Waals surface area contributed by atoms with Crippen molar-refractivity contribution in [2.24, 2.45) is 0 Å². The molecule has 1 aliphatic carbocycles. The lowest BCUT2D eigenvalue weighted by molar-refractivity contribution is 0.0797. The first kappa shape index (κ1) is 8.75. The van der Waals surface area contributed by atoms with E-state index >= 15 is 0 Å². The highest BCUT2D eigenvalue weighted by Gasteiger charge is 2.22. The van der Waals surface area contributed by atoms with Crippen LogP contribution in [0.15, 0.2) is 0 Å². The van der Waals surface area contributed by atoms with Gasteiger partial charge in [-0.25, -0.2) is 0 Å². The van der Waals surface area contributed by atoms with Crippen molar-refractivity contribution in [3.05, 3.63) is 17.0 Å². The number of nitrogens with zero attached hydrogens (tertiary/aromatic N) is 1. The maximum absolute atomic E-state index is 9.67. The number of aryl methyl sites for hydroxylation is 1. The molecule has 0 saturated carbocycles. The second-order valence-electron chi connectivity index (χ2n) is 4.47. The van der Waals surface area contributed by atoms with E-state index in [1.54, 1.807) is 0 Å². The molecule has 13 heavy (non-hydrogen) atoms. The molecule has 0 saturated heterocycles. The van der Waals surface area contributed by atoms with Gasteiger partial charge in [-0.2, -0.15) is 5.10 Å². The molecule has 0 spiro atoms. The Morgan fingerprint density at radius 2 is 2.23 bits per heavy atom. The fourth-order valence-corrected chi connectivity index (χ4v) is 1.94. The fourth-order valence-electron chi connectivity index (χ4n) is 1.94. The van der Waals surface area contributed by atoms with Gasteiger partial charge in [0.15, 0.2) is 0 Å². The molecular formula is C10H16N2O. The van der Waals surface area contributed by atoms with Gasteiger partial charge in [-0.1, -0.05) is 0 Å². The summed E-state index contributed by atoms with van der Waals surface area (Å²) in [6.07, 6.45) is 4.12. The Hall–Kier alpha value is -0.830. The van der Waals surface area contributed by atoms with Gasteiger partial charge in [0, 0.05) is 12.1 Å². The second kappa shape index (κ2) is 2.84. The number of rotatable bonds is 2. The monoisotopic (exact) mass is 180 g/mol. The zero-order chi connectivity index (χ0) is 9.47. The van der Waals surface area contributed by atoms with Crippen molar-refractivity contribution >= 4 is 0 Å². The molecule has 3 heteroatoms. The minimum Gasteiger partial charge on any atom is -0.390 e. The average Bonchev–Trinajstić information content (AvgIpc) is 2.50. The van der Waals surface area contributed by atoms with E-state index in [2.05, 4.69) is 10.2 Å². The van der Waals surface area contributed by atoms with Crippen molar-refractivity contribution in [2.75, 3.05) is 0 Å². The summed E-state index contributed by atoms with van der Waals surface area (Å²) in [5.41, 5.74) is 3.03. The first-order valence-electron chi connectivity index (χ1n) is 4.84. The molecule has 0 aromatic carbocycles. The van der Waals surface area contributed by atoms with Crippen molar-refractivity contribution in [2.45, 2.75) is 45.1 Å². The lowest BCUT2D eigenvalue weighted by atomic mass is 10.00. The Bertz CT molecular complexity index is 309. The Morgan fingerprint density at radius 3 is 2.92 bits per heavy atom. The summed E-state index contributed by atoms with van der Waals surface area (Å²) < 4.78 is 0. The number of aliphatic hydroxyl groups is 1. The molecule has 0 aliphatic heterocycles. The van der Waals surface area contributed by atoms with E-state index in [1.165, 1.54) is 17.7 Å². The summed E-state index contributed by atoms with van der Waals surface area (Å²) in [5, 5.41) is 17.0. The minimum atomic E-state index is -0.647. The van der Waals surface area contributed by atoms with Crippen LogP contribution < -0.4 is 0 Å². The first-order chi connectivity index (χ1) is 6.06. The smallest absolute Gasteiger partial charge is 0.0685 e. The molecular weight excluding hydrogens is 164 g/mol. The molecule has 0 unspecified atom stereocenters. The van der Waals surface area contributed by atoms with Gasteiger partial charge in [0.2, 0.25) is 0 Å². The first-order valence-corrected chi connectivity index (χ1v) is 4.84. The predicted octanol–water partition coefficient (Wildman–Crippen LogP) is 1.21. The second-order valence-corrected chi connectivity index (χ2v) is 4.47. The summed E-state index contributed by atoms with van der Waals surface area (Å²) in [7, 11) is 0. The third-order valence-corrected chi connectivity index (χ3v) is 2.49. The van der Waals surface area contributed by atoms with E-state index < -0.39 is 5.60 Å². The van der Waals surface area contributed by atoms with Crippen LogP contribution in [-0.2, 0) is 19.3 Å². The molecule has 0 bridgehead atoms. The minimum absolute atomic E-state index is 0.647. The van der Waals surface area contributed by atoms with Crippen LogP contribution in [0.2, 0.25) is 0 Å². The zero-order valence-corrected chi connectivity index (χ0v) is 8.22. The molecule has 0 amide bonds. The maximum Gasteiger partial charge on any atom is 0.0685 e. The lowest BCUT2D eigenvalue weighted by Crippen LogP contribution is -2.22. The van der Waals surface area contributed by atoms with Gasteiger partial charge in [0.25, 0.3) is 0 Å². The molecule has 0 fully saturated rings. The van der Waals surface area contributed by atoms with Crippen LogP contribution in [0, 0.1) is 0 Å². The van der Waals surface area contributed by atoms with Crippen LogP contribution in [-0.4, -0.2) is 20.9 Å². The van der Waals surface area contributed by atoms with Gasteiger partial charge < -0.3 is 5.11 Å². The molecule has 0 atom stereocenters. The van der Waals surface area contributed by atoms with Crippen LogP contribution in [0.1, 0.15) is 37.2 Å². The van der Waals surface area contributed by atoms with Gasteiger partial charge in [-0.3, -0.25) is 5.10 Å². The number of aromatic amines is 1. The van der Waals surface area contributed by atoms with Crippen LogP contribution >= 0.6 is 0 Å². The van der Waals surface area contributed by atoms with Gasteiger partial charge >= 0.3 is 0 Å². The SMILES string of the molecule is CC(C)(O)Cc1n[nH]c2c1CCC2. The summed E-state index contributed by atoms with van der Waals surface area (Å²) in [5.74, 6) is 0. The van der Waals surface area contributed by atoms with E-state index in [-0.39, 0.29) is 0 Å². The molecule has 0 radical (unpaired) electrons. The van der Waals surface area contributed by atoms with E-state index in [9.17, 15) is 5.11 Å². The molecule has 1 heterocycles.